The van der Waals surface area contributed by atoms with E-state index in [-0.39, 0.29) is 0 Å². The van der Waals surface area contributed by atoms with Gasteiger partial charge >= 0.3 is 6.18 Å². The van der Waals surface area contributed by atoms with Gasteiger partial charge in [-0.3, -0.25) is 4.63 Å². The van der Waals surface area contributed by atoms with Crippen molar-refractivity contribution in [3.8, 4) is 0 Å². The molecule has 22 heavy (non-hydrogen) atoms. The van der Waals surface area contributed by atoms with Gasteiger partial charge in [0.25, 0.3) is 0 Å². The predicted octanol–water partition coefficient (Wildman–Crippen LogP) is 3.65. The zero-order valence-corrected chi connectivity index (χ0v) is 11.0. The predicted molar refractivity (Wildman–Crippen MR) is 73.3 cm³/mol. The van der Waals surface area contributed by atoms with Gasteiger partial charge in [-0.05, 0) is 34.2 Å². The van der Waals surface area contributed by atoms with Crippen LogP contribution in [0.5, 0.6) is 0 Å². The van der Waals surface area contributed by atoms with Crippen molar-refractivity contribution in [1.82, 2.24) is 5.16 Å². The van der Waals surface area contributed by atoms with E-state index in [4.69, 9.17) is 0 Å². The summed E-state index contributed by atoms with van der Waals surface area (Å²) in [5.41, 5.74) is 1.42. The van der Waals surface area contributed by atoms with E-state index in [1.54, 1.807) is 30.4 Å². The largest absolute Gasteiger partial charge is 0.416 e. The first-order chi connectivity index (χ1) is 10.4. The first-order valence-corrected chi connectivity index (χ1v) is 6.28. The maximum Gasteiger partial charge on any atom is 0.416 e. The lowest BCUT2D eigenvalue weighted by Crippen LogP contribution is -2.22. The summed E-state index contributed by atoms with van der Waals surface area (Å²) in [4.78, 5) is 0.304. The molecule has 4 nitrogen and oxygen atoms in total. The van der Waals surface area contributed by atoms with Crippen molar-refractivity contribution in [1.29, 1.82) is 0 Å². The topological polar surface area (TPSA) is 53.0 Å². The minimum atomic E-state index is -4.34. The molecule has 0 unspecified atom stereocenters. The van der Waals surface area contributed by atoms with Crippen LogP contribution < -0.4 is 4.90 Å². The highest BCUT2D eigenvalue weighted by Crippen LogP contribution is 2.29. The van der Waals surface area contributed by atoms with Gasteiger partial charge in [0.05, 0.1) is 5.56 Å². The fraction of sp³-hybridized carbons (Fsp3) is 0.0667. The molecule has 3 rings (SSSR count). The molecule has 0 spiro atoms. The summed E-state index contributed by atoms with van der Waals surface area (Å²) in [6.45, 7) is 0. The molecule has 0 saturated heterocycles. The van der Waals surface area contributed by atoms with Gasteiger partial charge in [0.2, 0.25) is 11.0 Å². The van der Waals surface area contributed by atoms with Crippen LogP contribution in [0.3, 0.4) is 0 Å². The van der Waals surface area contributed by atoms with E-state index in [0.717, 1.165) is 17.7 Å². The molecular formula is C15H9F3N2O2. The van der Waals surface area contributed by atoms with E-state index >= 15 is 0 Å². The van der Waals surface area contributed by atoms with Crippen LogP contribution in [0.15, 0.2) is 47.1 Å². The minimum absolute atomic E-state index is 0.304. The molecule has 0 N–H and O–H groups in total. The van der Waals surface area contributed by atoms with Crippen molar-refractivity contribution < 1.29 is 22.7 Å². The van der Waals surface area contributed by atoms with Crippen LogP contribution in [0.25, 0.3) is 23.2 Å². The first-order valence-electron chi connectivity index (χ1n) is 6.28. The summed E-state index contributed by atoms with van der Waals surface area (Å²) in [5, 5.41) is 14.7. The molecule has 112 valence electrons. The highest BCUT2D eigenvalue weighted by molar-refractivity contribution is 5.78. The van der Waals surface area contributed by atoms with E-state index in [2.05, 4.69) is 9.79 Å². The highest BCUT2D eigenvalue weighted by Gasteiger charge is 2.29. The number of halogens is 3. The van der Waals surface area contributed by atoms with E-state index in [1.165, 1.54) is 12.1 Å². The van der Waals surface area contributed by atoms with Crippen molar-refractivity contribution >= 4 is 23.2 Å². The third kappa shape index (κ3) is 2.78. The molecule has 0 saturated carbocycles. The Balaban J connectivity index is 1.83. The quantitative estimate of drug-likeness (QED) is 0.536. The van der Waals surface area contributed by atoms with Crippen molar-refractivity contribution in [3.05, 3.63) is 64.4 Å². The molecule has 0 aliphatic rings. The van der Waals surface area contributed by atoms with Crippen molar-refractivity contribution in [3.63, 3.8) is 0 Å². The molecule has 0 radical (unpaired) electrons. The third-order valence-corrected chi connectivity index (χ3v) is 3.12. The monoisotopic (exact) mass is 306 g/mol. The molecule has 0 bridgehead atoms. The summed E-state index contributed by atoms with van der Waals surface area (Å²) in [5.74, 6) is 0. The Morgan fingerprint density at radius 2 is 1.64 bits per heavy atom. The van der Waals surface area contributed by atoms with Gasteiger partial charge < -0.3 is 5.21 Å². The molecule has 1 heterocycles. The number of nitrogens with zero attached hydrogens (tertiary/aromatic N) is 2. The maximum atomic E-state index is 12.5. The Bertz CT molecular complexity index is 836. The van der Waals surface area contributed by atoms with Gasteiger partial charge in [-0.2, -0.15) is 13.2 Å². The average molecular weight is 306 g/mol. The van der Waals surface area contributed by atoms with Gasteiger partial charge in [0.15, 0.2) is 0 Å². The lowest BCUT2D eigenvalue weighted by atomic mass is 10.1. The van der Waals surface area contributed by atoms with Crippen LogP contribution in [-0.4, -0.2) is 5.16 Å². The fourth-order valence-corrected chi connectivity index (χ4v) is 1.97. The lowest BCUT2D eigenvalue weighted by Gasteiger charge is -2.05. The van der Waals surface area contributed by atoms with Crippen LogP contribution in [0.2, 0.25) is 0 Å². The molecule has 0 fully saturated rings. The van der Waals surface area contributed by atoms with Crippen LogP contribution >= 0.6 is 0 Å². The number of rotatable bonds is 2. The van der Waals surface area contributed by atoms with E-state index < -0.39 is 11.7 Å². The summed E-state index contributed by atoms with van der Waals surface area (Å²) in [7, 11) is 0. The molecule has 0 atom stereocenters. The average Bonchev–Trinajstić information content (AvgIpc) is 2.86. The van der Waals surface area contributed by atoms with E-state index in [0.29, 0.717) is 21.5 Å². The number of fused-ring (bicyclic) bond motifs is 1. The van der Waals surface area contributed by atoms with Crippen LogP contribution in [0, 0.1) is 5.21 Å². The van der Waals surface area contributed by atoms with Crippen LogP contribution in [0.4, 0.5) is 13.2 Å². The second kappa shape index (κ2) is 5.18. The molecular weight excluding hydrogens is 297 g/mol. The van der Waals surface area contributed by atoms with Gasteiger partial charge in [-0.25, -0.2) is 0 Å². The molecule has 1 aromatic heterocycles. The molecule has 0 aliphatic heterocycles. The molecule has 2 aromatic carbocycles. The number of alkyl halides is 3. The molecule has 0 amide bonds. The number of benzene rings is 2. The number of hydrogen-bond acceptors (Lipinski definition) is 3. The lowest BCUT2D eigenvalue weighted by molar-refractivity contribution is -0.782. The molecule has 3 aromatic rings. The SMILES string of the molecule is [O-][n+]1onc2cc(/C=C/c3ccc(C(F)(F)F)cc3)ccc21. The number of aromatic nitrogens is 2. The summed E-state index contributed by atoms with van der Waals surface area (Å²) < 4.78 is 41.8. The Kier molecular flexibility index (Phi) is 3.32. The summed E-state index contributed by atoms with van der Waals surface area (Å²) >= 11 is 0. The van der Waals surface area contributed by atoms with Crippen molar-refractivity contribution in [2.45, 2.75) is 6.18 Å². The Morgan fingerprint density at radius 1 is 1.00 bits per heavy atom. The normalized spacial score (nSPS) is 12.3. The zero-order valence-electron chi connectivity index (χ0n) is 11.0. The Morgan fingerprint density at radius 3 is 2.32 bits per heavy atom. The smallest absolute Gasteiger partial charge is 0.359 e. The van der Waals surface area contributed by atoms with Gasteiger partial charge in [0, 0.05) is 11.2 Å². The number of hydrogen-bond donors (Lipinski definition) is 0. The Labute approximate surface area is 122 Å². The minimum Gasteiger partial charge on any atom is -0.359 e. The second-order valence-corrected chi connectivity index (χ2v) is 4.63. The maximum absolute atomic E-state index is 12.5. The van der Waals surface area contributed by atoms with Crippen LogP contribution in [-0.2, 0) is 6.18 Å². The van der Waals surface area contributed by atoms with Crippen molar-refractivity contribution in [2.24, 2.45) is 0 Å². The van der Waals surface area contributed by atoms with E-state index in [1.807, 2.05) is 0 Å². The third-order valence-electron chi connectivity index (χ3n) is 3.12. The zero-order chi connectivity index (χ0) is 15.7. The van der Waals surface area contributed by atoms with E-state index in [9.17, 15) is 18.4 Å². The standard InChI is InChI=1S/C15H9F3N2O2/c16-15(17,18)12-6-3-10(4-7-12)1-2-11-5-8-14-13(9-11)19-22-20(14)21/h1-9H/b2-1+. The molecule has 7 heteroatoms. The first kappa shape index (κ1) is 14.1. The van der Waals surface area contributed by atoms with Gasteiger partial charge in [-0.1, -0.05) is 30.4 Å². The fourth-order valence-electron chi connectivity index (χ4n) is 1.97. The second-order valence-electron chi connectivity index (χ2n) is 4.63. The van der Waals surface area contributed by atoms with Gasteiger partial charge in [-0.15, -0.1) is 0 Å². The molecule has 0 aliphatic carbocycles. The van der Waals surface area contributed by atoms with Crippen molar-refractivity contribution in [2.75, 3.05) is 0 Å². The Hall–Kier alpha value is -2.83. The van der Waals surface area contributed by atoms with Gasteiger partial charge in [0.1, 0.15) is 0 Å². The van der Waals surface area contributed by atoms with Crippen LogP contribution in [0.1, 0.15) is 16.7 Å². The summed E-state index contributed by atoms with van der Waals surface area (Å²) in [6, 6.07) is 9.73. The summed E-state index contributed by atoms with van der Waals surface area (Å²) in [6.07, 6.45) is -0.952. The highest BCUT2D eigenvalue weighted by atomic mass is 19.4.